The van der Waals surface area contributed by atoms with Crippen LogP contribution in [0.5, 0.6) is 0 Å². The van der Waals surface area contributed by atoms with Crippen molar-refractivity contribution in [2.45, 2.75) is 58.4 Å². The lowest BCUT2D eigenvalue weighted by atomic mass is 10.0. The molecule has 0 aliphatic carbocycles. The quantitative estimate of drug-likeness (QED) is 0.568. The molecule has 0 aromatic heterocycles. The van der Waals surface area contributed by atoms with Crippen molar-refractivity contribution in [2.24, 2.45) is 5.73 Å². The molecule has 0 radical (unpaired) electrons. The van der Waals surface area contributed by atoms with Gasteiger partial charge in [0.25, 0.3) is 0 Å². The van der Waals surface area contributed by atoms with Gasteiger partial charge in [-0.25, -0.2) is 0 Å². The van der Waals surface area contributed by atoms with Crippen LogP contribution in [0.3, 0.4) is 0 Å². The Kier molecular flexibility index (Phi) is 7.20. The summed E-state index contributed by atoms with van der Waals surface area (Å²) in [4.78, 5) is 1.62. The van der Waals surface area contributed by atoms with E-state index in [9.17, 15) is 0 Å². The Morgan fingerprint density at radius 3 is 2.21 bits per heavy atom. The second-order valence-electron chi connectivity index (χ2n) is 5.26. The van der Waals surface area contributed by atoms with Gasteiger partial charge in [0, 0.05) is 12.0 Å². The minimum Gasteiger partial charge on any atom is -0.337 e. The first kappa shape index (κ1) is 13.9. The van der Waals surface area contributed by atoms with Gasteiger partial charge < -0.3 is 10.6 Å². The number of hydrogen-bond donors (Lipinski definition) is 2. The van der Waals surface area contributed by atoms with Crippen LogP contribution in [0.15, 0.2) is 0 Å². The molecule has 0 aromatic rings. The second kappa shape index (κ2) is 7.24. The third-order valence-electron chi connectivity index (χ3n) is 2.65. The van der Waals surface area contributed by atoms with Gasteiger partial charge in [-0.3, -0.25) is 0 Å². The molecule has 0 amide bonds. The molecule has 1 unspecified atom stereocenters. The number of quaternary nitrogens is 1. The standard InChI is InChI=1S/C12H28N2/c1-5-6-7-8-10-14(4)11-9-12(2,3)13/h5-11,13H2,1-4H3/p+1. The van der Waals surface area contributed by atoms with E-state index in [1.165, 1.54) is 38.8 Å². The Bertz CT molecular complexity index is 127. The Morgan fingerprint density at radius 2 is 1.71 bits per heavy atom. The number of nitrogens with one attached hydrogen (secondary N) is 1. The average molecular weight is 201 g/mol. The maximum atomic E-state index is 5.95. The van der Waals surface area contributed by atoms with Crippen LogP contribution >= 0.6 is 0 Å². The first-order valence-corrected chi connectivity index (χ1v) is 6.06. The molecule has 0 aliphatic heterocycles. The molecule has 0 aliphatic rings. The van der Waals surface area contributed by atoms with Gasteiger partial charge in [-0.05, 0) is 26.7 Å². The van der Waals surface area contributed by atoms with Crippen molar-refractivity contribution in [3.63, 3.8) is 0 Å². The van der Waals surface area contributed by atoms with Crippen LogP contribution in [-0.4, -0.2) is 25.7 Å². The molecule has 0 bridgehead atoms. The Morgan fingerprint density at radius 1 is 1.07 bits per heavy atom. The normalized spacial score (nSPS) is 14.4. The lowest BCUT2D eigenvalue weighted by Crippen LogP contribution is -3.09. The van der Waals surface area contributed by atoms with Gasteiger partial charge in [0.2, 0.25) is 0 Å². The first-order chi connectivity index (χ1) is 6.45. The second-order valence-corrected chi connectivity index (χ2v) is 5.26. The van der Waals surface area contributed by atoms with Gasteiger partial charge >= 0.3 is 0 Å². The van der Waals surface area contributed by atoms with Crippen molar-refractivity contribution in [3.8, 4) is 0 Å². The van der Waals surface area contributed by atoms with E-state index in [2.05, 4.69) is 27.8 Å². The topological polar surface area (TPSA) is 30.5 Å². The zero-order valence-corrected chi connectivity index (χ0v) is 10.5. The van der Waals surface area contributed by atoms with Gasteiger partial charge in [-0.1, -0.05) is 19.8 Å². The largest absolute Gasteiger partial charge is 0.337 e. The number of nitrogens with two attached hydrogens (primary N) is 1. The fourth-order valence-electron chi connectivity index (χ4n) is 1.51. The Balaban J connectivity index is 3.32. The fourth-order valence-corrected chi connectivity index (χ4v) is 1.51. The molecule has 2 nitrogen and oxygen atoms in total. The number of hydrogen-bond acceptors (Lipinski definition) is 1. The van der Waals surface area contributed by atoms with Gasteiger partial charge in [0.15, 0.2) is 0 Å². The molecule has 86 valence electrons. The highest BCUT2D eigenvalue weighted by Crippen LogP contribution is 2.00. The lowest BCUT2D eigenvalue weighted by molar-refractivity contribution is -0.880. The molecule has 0 fully saturated rings. The molecule has 3 N–H and O–H groups in total. The Hall–Kier alpha value is -0.0800. The zero-order chi connectivity index (χ0) is 11.0. The van der Waals surface area contributed by atoms with E-state index in [0.29, 0.717) is 0 Å². The molecule has 0 aromatic carbocycles. The predicted molar refractivity (Wildman–Crippen MR) is 63.6 cm³/mol. The maximum Gasteiger partial charge on any atom is 0.0786 e. The summed E-state index contributed by atoms with van der Waals surface area (Å²) in [5.41, 5.74) is 5.95. The van der Waals surface area contributed by atoms with Crippen molar-refractivity contribution in [2.75, 3.05) is 20.1 Å². The highest BCUT2D eigenvalue weighted by Gasteiger charge is 2.13. The molecule has 14 heavy (non-hydrogen) atoms. The van der Waals surface area contributed by atoms with Crippen molar-refractivity contribution >= 4 is 0 Å². The first-order valence-electron chi connectivity index (χ1n) is 6.06. The summed E-state index contributed by atoms with van der Waals surface area (Å²) >= 11 is 0. The molecule has 2 heteroatoms. The molecule has 0 heterocycles. The van der Waals surface area contributed by atoms with E-state index < -0.39 is 0 Å². The molecular weight excluding hydrogens is 172 g/mol. The molecule has 0 spiro atoms. The molecule has 1 atom stereocenters. The Labute approximate surface area is 89.9 Å². The van der Waals surface area contributed by atoms with Crippen LogP contribution in [0.2, 0.25) is 0 Å². The van der Waals surface area contributed by atoms with E-state index in [1.54, 1.807) is 4.90 Å². The zero-order valence-electron chi connectivity index (χ0n) is 10.5. The highest BCUT2D eigenvalue weighted by molar-refractivity contribution is 4.69. The van der Waals surface area contributed by atoms with E-state index in [-0.39, 0.29) is 5.54 Å². The SMILES string of the molecule is CCCCCC[NH+](C)CCC(C)(C)N. The van der Waals surface area contributed by atoms with Crippen LogP contribution in [0, 0.1) is 0 Å². The number of rotatable bonds is 8. The van der Waals surface area contributed by atoms with Gasteiger partial charge in [-0.15, -0.1) is 0 Å². The fraction of sp³-hybridized carbons (Fsp3) is 1.00. The van der Waals surface area contributed by atoms with E-state index in [1.807, 2.05) is 0 Å². The van der Waals surface area contributed by atoms with E-state index in [0.717, 1.165) is 6.42 Å². The maximum absolute atomic E-state index is 5.95. The monoisotopic (exact) mass is 201 g/mol. The van der Waals surface area contributed by atoms with Crippen LogP contribution in [0.25, 0.3) is 0 Å². The van der Waals surface area contributed by atoms with E-state index in [4.69, 9.17) is 5.73 Å². The summed E-state index contributed by atoms with van der Waals surface area (Å²) in [6.07, 6.45) is 6.59. The van der Waals surface area contributed by atoms with Crippen LogP contribution in [0.4, 0.5) is 0 Å². The molecule has 0 saturated carbocycles. The summed E-state index contributed by atoms with van der Waals surface area (Å²) in [6, 6.07) is 0. The summed E-state index contributed by atoms with van der Waals surface area (Å²) in [7, 11) is 2.28. The third-order valence-corrected chi connectivity index (χ3v) is 2.65. The number of unbranched alkanes of at least 4 members (excludes halogenated alkanes) is 3. The van der Waals surface area contributed by atoms with Crippen LogP contribution < -0.4 is 10.6 Å². The van der Waals surface area contributed by atoms with E-state index >= 15 is 0 Å². The van der Waals surface area contributed by atoms with Gasteiger partial charge in [-0.2, -0.15) is 0 Å². The summed E-state index contributed by atoms with van der Waals surface area (Å²) in [6.45, 7) is 8.98. The summed E-state index contributed by atoms with van der Waals surface area (Å²) in [5, 5.41) is 0. The van der Waals surface area contributed by atoms with Crippen molar-refractivity contribution < 1.29 is 4.90 Å². The van der Waals surface area contributed by atoms with Crippen LogP contribution in [0.1, 0.15) is 52.9 Å². The predicted octanol–water partition coefficient (Wildman–Crippen LogP) is 1.21. The average Bonchev–Trinajstić information content (AvgIpc) is 2.08. The minimum absolute atomic E-state index is 0.00464. The van der Waals surface area contributed by atoms with Crippen molar-refractivity contribution in [3.05, 3.63) is 0 Å². The minimum atomic E-state index is 0.00464. The molecular formula is C12H29N2+. The highest BCUT2D eigenvalue weighted by atomic mass is 15.1. The summed E-state index contributed by atoms with van der Waals surface area (Å²) in [5.74, 6) is 0. The van der Waals surface area contributed by atoms with Gasteiger partial charge in [0.05, 0.1) is 20.1 Å². The molecule has 0 saturated heterocycles. The smallest absolute Gasteiger partial charge is 0.0786 e. The summed E-state index contributed by atoms with van der Waals surface area (Å²) < 4.78 is 0. The molecule has 0 rings (SSSR count). The van der Waals surface area contributed by atoms with Crippen molar-refractivity contribution in [1.29, 1.82) is 0 Å². The third kappa shape index (κ3) is 10.0. The lowest BCUT2D eigenvalue weighted by Gasteiger charge is -2.21. The van der Waals surface area contributed by atoms with Crippen molar-refractivity contribution in [1.82, 2.24) is 0 Å². The van der Waals surface area contributed by atoms with Crippen LogP contribution in [-0.2, 0) is 0 Å². The van der Waals surface area contributed by atoms with Gasteiger partial charge in [0.1, 0.15) is 0 Å².